The van der Waals surface area contributed by atoms with E-state index in [1.807, 2.05) is 6.07 Å². The number of benzene rings is 11. The molecule has 0 N–H and O–H groups in total. The van der Waals surface area contributed by atoms with E-state index in [1.165, 1.54) is 44.5 Å². The van der Waals surface area contributed by atoms with E-state index in [0.29, 0.717) is 22.5 Å². The number of nitrogens with zero attached hydrogens (tertiary/aromatic N) is 4. The van der Waals surface area contributed by atoms with Gasteiger partial charge in [-0.05, 0) is 79.9 Å². The first kappa shape index (κ1) is 41.8. The summed E-state index contributed by atoms with van der Waals surface area (Å²) in [5.41, 5.74) is 19.0. The predicted octanol–water partition coefficient (Wildman–Crippen LogP) is 16.4. The van der Waals surface area contributed by atoms with Gasteiger partial charge < -0.3 is 9.13 Å². The lowest BCUT2D eigenvalue weighted by Crippen LogP contribution is -2.28. The number of nitriles is 2. The van der Waals surface area contributed by atoms with Crippen molar-refractivity contribution in [3.05, 3.63) is 310 Å². The average Bonchev–Trinajstić information content (AvgIpc) is 4.22. The summed E-state index contributed by atoms with van der Waals surface area (Å²) in [6.07, 6.45) is 0. The minimum atomic E-state index is -0.633. The third kappa shape index (κ3) is 5.33. The molecule has 2 aliphatic rings. The Morgan fingerprint density at radius 1 is 0.297 bits per heavy atom. The molecule has 0 fully saturated rings. The molecule has 2 aliphatic carbocycles. The number of para-hydroxylation sites is 2. The Balaban J connectivity index is 1.09. The van der Waals surface area contributed by atoms with Crippen molar-refractivity contribution >= 4 is 43.6 Å². The van der Waals surface area contributed by atoms with Gasteiger partial charge in [-0.1, -0.05) is 231 Å². The van der Waals surface area contributed by atoms with Gasteiger partial charge in [-0.15, -0.1) is 0 Å². The van der Waals surface area contributed by atoms with Crippen LogP contribution in [-0.2, 0) is 10.8 Å². The van der Waals surface area contributed by atoms with Crippen LogP contribution in [0.3, 0.4) is 0 Å². The quantitative estimate of drug-likeness (QED) is 0.167. The fourth-order valence-corrected chi connectivity index (χ4v) is 13.6. The van der Waals surface area contributed by atoms with Crippen molar-refractivity contribution in [2.75, 3.05) is 0 Å². The molecular formula is C70H42N4. The van der Waals surface area contributed by atoms with Crippen LogP contribution in [0, 0.1) is 22.7 Å². The zero-order valence-corrected chi connectivity index (χ0v) is 40.0. The first-order chi connectivity index (χ1) is 36.7. The fourth-order valence-electron chi connectivity index (χ4n) is 13.6. The number of fused-ring (bicyclic) bond motifs is 14. The summed E-state index contributed by atoms with van der Waals surface area (Å²) in [5.74, 6) is 0. The maximum Gasteiger partial charge on any atom is 0.101 e. The Bertz CT molecular complexity index is 4180. The molecule has 74 heavy (non-hydrogen) atoms. The van der Waals surface area contributed by atoms with Crippen molar-refractivity contribution in [2.45, 2.75) is 10.8 Å². The SMILES string of the molecule is N#Cc1cc(C#N)c(-n2c3ccccc3c3ccc4c(c32)-c2ccccc2C4(c2ccccc2)c2ccccc2)cc1-n1c2ccccc2c2ccc3c(c21)-c1ccccc1C3(c1ccccc1)c1ccccc1. The van der Waals surface area contributed by atoms with Crippen molar-refractivity contribution in [3.8, 4) is 45.8 Å². The predicted molar refractivity (Wildman–Crippen MR) is 299 cm³/mol. The molecule has 0 radical (unpaired) electrons. The molecule has 0 saturated carbocycles. The van der Waals surface area contributed by atoms with Gasteiger partial charge in [-0.25, -0.2) is 0 Å². The molecule has 342 valence electrons. The highest BCUT2D eigenvalue weighted by Crippen LogP contribution is 2.61. The Morgan fingerprint density at radius 2 is 0.635 bits per heavy atom. The van der Waals surface area contributed by atoms with Crippen molar-refractivity contribution in [1.29, 1.82) is 10.5 Å². The van der Waals surface area contributed by atoms with Crippen molar-refractivity contribution in [3.63, 3.8) is 0 Å². The minimum Gasteiger partial charge on any atom is -0.307 e. The van der Waals surface area contributed by atoms with Gasteiger partial charge in [-0.3, -0.25) is 0 Å². The molecule has 4 nitrogen and oxygen atoms in total. The number of hydrogen-bond acceptors (Lipinski definition) is 2. The van der Waals surface area contributed by atoms with Crippen molar-refractivity contribution < 1.29 is 0 Å². The topological polar surface area (TPSA) is 57.4 Å². The van der Waals surface area contributed by atoms with Gasteiger partial charge in [0, 0.05) is 32.7 Å². The second kappa shape index (κ2) is 15.7. The fraction of sp³-hybridized carbons (Fsp3) is 0.0286. The summed E-state index contributed by atoms with van der Waals surface area (Å²) < 4.78 is 4.64. The molecule has 4 heteroatoms. The van der Waals surface area contributed by atoms with Crippen LogP contribution in [0.25, 0.3) is 77.2 Å². The first-order valence-corrected chi connectivity index (χ1v) is 25.2. The molecule has 0 spiro atoms. The highest BCUT2D eigenvalue weighted by molar-refractivity contribution is 6.18. The van der Waals surface area contributed by atoms with E-state index < -0.39 is 10.8 Å². The Kier molecular flexibility index (Phi) is 8.89. The molecule has 2 aromatic heterocycles. The van der Waals surface area contributed by atoms with Gasteiger partial charge in [0.25, 0.3) is 0 Å². The third-order valence-corrected chi connectivity index (χ3v) is 16.3. The molecule has 0 amide bonds. The maximum atomic E-state index is 11.4. The Labute approximate surface area is 428 Å². The van der Waals surface area contributed by atoms with E-state index >= 15 is 0 Å². The van der Waals surface area contributed by atoms with Crippen LogP contribution in [0.1, 0.15) is 55.6 Å². The van der Waals surface area contributed by atoms with Gasteiger partial charge in [0.05, 0.1) is 55.4 Å². The second-order valence-electron chi connectivity index (χ2n) is 19.6. The molecule has 2 heterocycles. The zero-order chi connectivity index (χ0) is 49.1. The van der Waals surface area contributed by atoms with Crippen LogP contribution < -0.4 is 0 Å². The van der Waals surface area contributed by atoms with Crippen LogP contribution in [0.4, 0.5) is 0 Å². The van der Waals surface area contributed by atoms with Crippen LogP contribution in [0.5, 0.6) is 0 Å². The monoisotopic (exact) mass is 938 g/mol. The number of hydrogen-bond donors (Lipinski definition) is 0. The van der Waals surface area contributed by atoms with E-state index in [1.54, 1.807) is 0 Å². The molecule has 0 bridgehead atoms. The standard InChI is InChI=1S/C70H42N4/c71-43-45-41-46(44-72)64(74-62-36-20-16-30-52(62)54-38-40-60-66(68(54)74)56-32-14-18-34-58(56)70(60,49-25-9-3-10-26-49)50-27-11-4-12-28-50)42-63(45)73-61-35-19-15-29-51(61)53-37-39-59-65(67(53)73)55-31-13-17-33-57(55)69(59,47-21-5-1-6-22-47)48-23-7-2-8-24-48/h1-42H. The highest BCUT2D eigenvalue weighted by Gasteiger charge is 2.49. The Morgan fingerprint density at radius 3 is 1.01 bits per heavy atom. The summed E-state index contributed by atoms with van der Waals surface area (Å²) in [7, 11) is 0. The molecule has 11 aromatic carbocycles. The van der Waals surface area contributed by atoms with Gasteiger partial charge >= 0.3 is 0 Å². The van der Waals surface area contributed by atoms with Gasteiger partial charge in [0.2, 0.25) is 0 Å². The average molecular weight is 939 g/mol. The highest BCUT2D eigenvalue weighted by atomic mass is 15.0. The molecule has 13 aromatic rings. The number of aromatic nitrogens is 2. The molecule has 0 saturated heterocycles. The van der Waals surface area contributed by atoms with E-state index in [4.69, 9.17) is 0 Å². The van der Waals surface area contributed by atoms with Crippen molar-refractivity contribution in [1.82, 2.24) is 9.13 Å². The summed E-state index contributed by atoms with van der Waals surface area (Å²) in [4.78, 5) is 0. The molecular weight excluding hydrogens is 897 g/mol. The lowest BCUT2D eigenvalue weighted by atomic mass is 9.67. The van der Waals surface area contributed by atoms with Crippen LogP contribution in [-0.4, -0.2) is 9.13 Å². The van der Waals surface area contributed by atoms with Crippen LogP contribution >= 0.6 is 0 Å². The van der Waals surface area contributed by atoms with Crippen molar-refractivity contribution in [2.24, 2.45) is 0 Å². The number of rotatable bonds is 6. The summed E-state index contributed by atoms with van der Waals surface area (Å²) in [6.45, 7) is 0. The molecule has 0 aliphatic heterocycles. The van der Waals surface area contributed by atoms with Gasteiger partial charge in [-0.2, -0.15) is 10.5 Å². The van der Waals surface area contributed by atoms with E-state index in [0.717, 1.165) is 65.9 Å². The third-order valence-electron chi connectivity index (χ3n) is 16.3. The van der Waals surface area contributed by atoms with E-state index in [9.17, 15) is 10.5 Å². The van der Waals surface area contributed by atoms with Gasteiger partial charge in [0.1, 0.15) is 12.1 Å². The van der Waals surface area contributed by atoms with Crippen LogP contribution in [0.2, 0.25) is 0 Å². The summed E-state index contributed by atoms with van der Waals surface area (Å²) in [5, 5.41) is 27.2. The minimum absolute atomic E-state index is 0.415. The Hall–Kier alpha value is -10.0. The first-order valence-electron chi connectivity index (χ1n) is 25.2. The zero-order valence-electron chi connectivity index (χ0n) is 40.0. The lowest BCUT2D eigenvalue weighted by molar-refractivity contribution is 0.769. The van der Waals surface area contributed by atoms with Gasteiger partial charge in [0.15, 0.2) is 0 Å². The summed E-state index contributed by atoms with van der Waals surface area (Å²) in [6, 6.07) is 96.7. The van der Waals surface area contributed by atoms with E-state index in [2.05, 4.69) is 270 Å². The molecule has 15 rings (SSSR count). The smallest absolute Gasteiger partial charge is 0.101 e. The largest absolute Gasteiger partial charge is 0.307 e. The van der Waals surface area contributed by atoms with E-state index in [-0.39, 0.29) is 0 Å². The lowest BCUT2D eigenvalue weighted by Gasteiger charge is -2.33. The summed E-state index contributed by atoms with van der Waals surface area (Å²) >= 11 is 0. The maximum absolute atomic E-state index is 11.4. The van der Waals surface area contributed by atoms with Crippen LogP contribution in [0.15, 0.2) is 255 Å². The second-order valence-corrected chi connectivity index (χ2v) is 19.6. The normalized spacial score (nSPS) is 13.6. The molecule has 0 unspecified atom stereocenters. The molecule has 0 atom stereocenters.